The summed E-state index contributed by atoms with van der Waals surface area (Å²) in [7, 11) is 3.11. The van der Waals surface area contributed by atoms with Gasteiger partial charge in [0.05, 0.1) is 25.2 Å². The minimum atomic E-state index is -0.0846. The maximum Gasteiger partial charge on any atom is 0.308 e. The van der Waals surface area contributed by atoms with Crippen LogP contribution in [-0.2, 0) is 21.5 Å². The van der Waals surface area contributed by atoms with Gasteiger partial charge in [0, 0.05) is 12.1 Å². The van der Waals surface area contributed by atoms with Gasteiger partial charge in [-0.3, -0.25) is 4.79 Å². The van der Waals surface area contributed by atoms with Gasteiger partial charge < -0.3 is 14.8 Å². The molecule has 4 nitrogen and oxygen atoms in total. The Morgan fingerprint density at radius 3 is 2.68 bits per heavy atom. The maximum atomic E-state index is 11.7. The number of carbonyl (C=O) groups is 1. The number of hydrogen-bond acceptors (Lipinski definition) is 4. The molecule has 1 aromatic carbocycles. The summed E-state index contributed by atoms with van der Waals surface area (Å²) in [6.45, 7) is 0.906. The van der Waals surface area contributed by atoms with Crippen LogP contribution in [0.4, 0.5) is 0 Å². The standard InChI is InChI=1S/C17H22ClNO3/c1-21-14-4-3-13-12(15(14)18)7-10-19-17(13)8-5-11(6-9-17)16(20)22-2/h3-4,11,19H,5-10H2,1-2H3/t11-,17-. The number of ether oxygens (including phenoxy) is 2. The van der Waals surface area contributed by atoms with E-state index in [1.807, 2.05) is 6.07 Å². The minimum absolute atomic E-state index is 0.0246. The monoisotopic (exact) mass is 323 g/mol. The summed E-state index contributed by atoms with van der Waals surface area (Å²) in [6, 6.07) is 4.08. The summed E-state index contributed by atoms with van der Waals surface area (Å²) >= 11 is 6.50. The van der Waals surface area contributed by atoms with Gasteiger partial charge in [0.25, 0.3) is 0 Å². The van der Waals surface area contributed by atoms with Gasteiger partial charge in [-0.15, -0.1) is 0 Å². The van der Waals surface area contributed by atoms with Crippen LogP contribution in [0.25, 0.3) is 0 Å². The molecule has 0 atom stereocenters. The van der Waals surface area contributed by atoms with Crippen LogP contribution in [0, 0.1) is 5.92 Å². The van der Waals surface area contributed by atoms with E-state index in [0.29, 0.717) is 0 Å². The van der Waals surface area contributed by atoms with Gasteiger partial charge in [-0.25, -0.2) is 0 Å². The third-order valence-corrected chi connectivity index (χ3v) is 5.57. The summed E-state index contributed by atoms with van der Waals surface area (Å²) in [4.78, 5) is 11.7. The highest BCUT2D eigenvalue weighted by atomic mass is 35.5. The van der Waals surface area contributed by atoms with E-state index >= 15 is 0 Å². The van der Waals surface area contributed by atoms with Gasteiger partial charge in [-0.2, -0.15) is 0 Å². The number of fused-ring (bicyclic) bond motifs is 2. The van der Waals surface area contributed by atoms with Crippen LogP contribution in [0.1, 0.15) is 36.8 Å². The van der Waals surface area contributed by atoms with Crippen LogP contribution in [0.5, 0.6) is 5.75 Å². The number of nitrogens with one attached hydrogen (secondary N) is 1. The smallest absolute Gasteiger partial charge is 0.308 e. The molecule has 0 saturated heterocycles. The molecule has 1 aliphatic heterocycles. The number of esters is 1. The number of halogens is 1. The van der Waals surface area contributed by atoms with E-state index in [0.717, 1.165) is 49.4 Å². The molecule has 1 N–H and O–H groups in total. The molecule has 1 aromatic rings. The van der Waals surface area contributed by atoms with E-state index in [1.165, 1.54) is 18.2 Å². The predicted molar refractivity (Wildman–Crippen MR) is 85.4 cm³/mol. The Morgan fingerprint density at radius 2 is 2.05 bits per heavy atom. The van der Waals surface area contributed by atoms with E-state index in [1.54, 1.807) is 7.11 Å². The lowest BCUT2D eigenvalue weighted by Crippen LogP contribution is -2.50. The summed E-state index contributed by atoms with van der Waals surface area (Å²) < 4.78 is 10.2. The van der Waals surface area contributed by atoms with Gasteiger partial charge >= 0.3 is 5.97 Å². The highest BCUT2D eigenvalue weighted by Gasteiger charge is 2.42. The highest BCUT2D eigenvalue weighted by Crippen LogP contribution is 2.46. The lowest BCUT2D eigenvalue weighted by Gasteiger charge is -2.45. The zero-order chi connectivity index (χ0) is 15.7. The van der Waals surface area contributed by atoms with Crippen molar-refractivity contribution in [2.24, 2.45) is 5.92 Å². The highest BCUT2D eigenvalue weighted by molar-refractivity contribution is 6.33. The number of carbonyl (C=O) groups excluding carboxylic acids is 1. The molecule has 1 aliphatic carbocycles. The Kier molecular flexibility index (Phi) is 4.33. The first-order chi connectivity index (χ1) is 10.6. The molecule has 1 spiro atoms. The summed E-state index contributed by atoms with van der Waals surface area (Å²) in [6.07, 6.45) is 4.48. The third-order valence-electron chi connectivity index (χ3n) is 5.16. The average Bonchev–Trinajstić information content (AvgIpc) is 2.56. The Balaban J connectivity index is 1.90. The zero-order valence-corrected chi connectivity index (χ0v) is 13.8. The van der Waals surface area contributed by atoms with Gasteiger partial charge in [0.1, 0.15) is 5.75 Å². The van der Waals surface area contributed by atoms with Crippen molar-refractivity contribution >= 4 is 17.6 Å². The lowest BCUT2D eigenvalue weighted by molar-refractivity contribution is -0.147. The van der Waals surface area contributed by atoms with Crippen molar-refractivity contribution < 1.29 is 14.3 Å². The molecule has 0 aromatic heterocycles. The molecule has 1 heterocycles. The van der Waals surface area contributed by atoms with E-state index in [-0.39, 0.29) is 17.4 Å². The van der Waals surface area contributed by atoms with E-state index in [2.05, 4.69) is 11.4 Å². The van der Waals surface area contributed by atoms with Crippen LogP contribution in [0.2, 0.25) is 5.02 Å². The molecule has 2 aliphatic rings. The van der Waals surface area contributed by atoms with Crippen molar-refractivity contribution in [3.63, 3.8) is 0 Å². The first-order valence-electron chi connectivity index (χ1n) is 7.80. The van der Waals surface area contributed by atoms with Gasteiger partial charge in [0.15, 0.2) is 0 Å². The van der Waals surface area contributed by atoms with Crippen molar-refractivity contribution in [3.8, 4) is 5.75 Å². The van der Waals surface area contributed by atoms with Crippen LogP contribution in [0.15, 0.2) is 12.1 Å². The van der Waals surface area contributed by atoms with Crippen LogP contribution < -0.4 is 10.1 Å². The minimum Gasteiger partial charge on any atom is -0.495 e. The van der Waals surface area contributed by atoms with Gasteiger partial charge in [-0.05, 0) is 49.3 Å². The Labute approximate surface area is 136 Å². The molecular formula is C17H22ClNO3. The van der Waals surface area contributed by atoms with E-state index < -0.39 is 0 Å². The Hall–Kier alpha value is -1.26. The molecular weight excluding hydrogens is 302 g/mol. The Morgan fingerprint density at radius 1 is 1.32 bits per heavy atom. The quantitative estimate of drug-likeness (QED) is 0.850. The molecule has 0 radical (unpaired) electrons. The molecule has 120 valence electrons. The fraction of sp³-hybridized carbons (Fsp3) is 0.588. The maximum absolute atomic E-state index is 11.7. The summed E-state index contributed by atoms with van der Waals surface area (Å²) in [5.74, 6) is 0.677. The number of rotatable bonds is 2. The first kappa shape index (κ1) is 15.6. The second-order valence-corrected chi connectivity index (χ2v) is 6.54. The van der Waals surface area contributed by atoms with Crippen molar-refractivity contribution in [2.75, 3.05) is 20.8 Å². The average molecular weight is 324 g/mol. The SMILES string of the molecule is COc1ccc2c(c1Cl)CCN[C@]21CC[C@H](C(=O)OC)CC1. The van der Waals surface area contributed by atoms with Crippen LogP contribution in [0.3, 0.4) is 0 Å². The largest absolute Gasteiger partial charge is 0.495 e. The third kappa shape index (κ3) is 2.48. The van der Waals surface area contributed by atoms with Crippen molar-refractivity contribution in [3.05, 3.63) is 28.3 Å². The summed E-state index contributed by atoms with van der Waals surface area (Å²) in [5, 5.41) is 4.41. The normalized spacial score (nSPS) is 27.3. The van der Waals surface area contributed by atoms with Gasteiger partial charge in [0.2, 0.25) is 0 Å². The predicted octanol–water partition coefficient (Wildman–Crippen LogP) is 3.05. The van der Waals surface area contributed by atoms with Crippen molar-refractivity contribution in [1.29, 1.82) is 0 Å². The second-order valence-electron chi connectivity index (χ2n) is 6.16. The first-order valence-corrected chi connectivity index (χ1v) is 8.18. The van der Waals surface area contributed by atoms with Crippen LogP contribution in [-0.4, -0.2) is 26.7 Å². The van der Waals surface area contributed by atoms with E-state index in [9.17, 15) is 4.79 Å². The number of hydrogen-bond donors (Lipinski definition) is 1. The molecule has 22 heavy (non-hydrogen) atoms. The van der Waals surface area contributed by atoms with Gasteiger partial charge in [-0.1, -0.05) is 17.7 Å². The molecule has 1 fully saturated rings. The molecule has 0 unspecified atom stereocenters. The fourth-order valence-electron chi connectivity index (χ4n) is 3.93. The van der Waals surface area contributed by atoms with Crippen molar-refractivity contribution in [2.45, 2.75) is 37.6 Å². The number of benzene rings is 1. The molecule has 3 rings (SSSR count). The van der Waals surface area contributed by atoms with Crippen molar-refractivity contribution in [1.82, 2.24) is 5.32 Å². The second kappa shape index (κ2) is 6.09. The molecule has 5 heteroatoms. The molecule has 0 bridgehead atoms. The lowest BCUT2D eigenvalue weighted by atomic mass is 9.69. The zero-order valence-electron chi connectivity index (χ0n) is 13.1. The number of methoxy groups -OCH3 is 2. The van der Waals surface area contributed by atoms with Crippen LogP contribution >= 0.6 is 11.6 Å². The molecule has 1 saturated carbocycles. The Bertz CT molecular complexity index is 580. The van der Waals surface area contributed by atoms with E-state index in [4.69, 9.17) is 21.1 Å². The summed E-state index contributed by atoms with van der Waals surface area (Å²) in [5.41, 5.74) is 2.40. The fourth-order valence-corrected chi connectivity index (χ4v) is 4.27. The topological polar surface area (TPSA) is 47.6 Å². The molecule has 0 amide bonds.